The molecule has 11 aromatic carbocycles. The Morgan fingerprint density at radius 3 is 1.32 bits per heavy atom. The van der Waals surface area contributed by atoms with Gasteiger partial charge in [0.2, 0.25) is 0 Å². The number of fused-ring (bicyclic) bond motifs is 6. The van der Waals surface area contributed by atoms with Crippen molar-refractivity contribution >= 4 is 70.4 Å². The summed E-state index contributed by atoms with van der Waals surface area (Å²) < 4.78 is 5.00. The van der Waals surface area contributed by atoms with Crippen LogP contribution in [-0.2, 0) is 0 Å². The molecule has 0 radical (unpaired) electrons. The van der Waals surface area contributed by atoms with E-state index in [1.54, 1.807) is 0 Å². The minimum atomic E-state index is 1.09. The van der Waals surface area contributed by atoms with E-state index in [1.165, 1.54) is 97.6 Å². The van der Waals surface area contributed by atoms with Crippen molar-refractivity contribution in [3.8, 4) is 61.3 Å². The van der Waals surface area contributed by atoms with Crippen molar-refractivity contribution in [1.29, 1.82) is 0 Å². The van der Waals surface area contributed by atoms with Gasteiger partial charge < -0.3 is 9.47 Å². The van der Waals surface area contributed by atoms with Crippen LogP contribution in [0, 0.1) is 0 Å². The Bertz CT molecular complexity index is 3870. The van der Waals surface area contributed by atoms with Crippen LogP contribution >= 0.6 is 11.3 Å². The third kappa shape index (κ3) is 7.20. The van der Waals surface area contributed by atoms with Crippen LogP contribution in [0.15, 0.2) is 267 Å². The second-order valence-corrected chi connectivity index (χ2v) is 18.7. The Hall–Kier alpha value is -8.76. The van der Waals surface area contributed by atoms with E-state index in [0.717, 1.165) is 22.7 Å². The van der Waals surface area contributed by atoms with Crippen molar-refractivity contribution in [3.05, 3.63) is 267 Å². The number of benzene rings is 11. The van der Waals surface area contributed by atoms with Gasteiger partial charge in [-0.1, -0.05) is 194 Å². The van der Waals surface area contributed by atoms with Crippen molar-refractivity contribution in [2.45, 2.75) is 0 Å². The molecular formula is C66H44N2S. The summed E-state index contributed by atoms with van der Waals surface area (Å²) in [6, 6.07) is 97.2. The zero-order chi connectivity index (χ0) is 45.7. The van der Waals surface area contributed by atoms with Crippen molar-refractivity contribution in [1.82, 2.24) is 4.57 Å². The Labute approximate surface area is 405 Å². The summed E-state index contributed by atoms with van der Waals surface area (Å²) in [5.41, 5.74) is 18.9. The molecule has 0 fully saturated rings. The van der Waals surface area contributed by atoms with Crippen LogP contribution in [0.4, 0.5) is 17.1 Å². The van der Waals surface area contributed by atoms with Gasteiger partial charge in [-0.15, -0.1) is 11.3 Å². The Morgan fingerprint density at radius 1 is 0.275 bits per heavy atom. The fourth-order valence-corrected chi connectivity index (χ4v) is 11.7. The normalized spacial score (nSPS) is 11.5. The summed E-state index contributed by atoms with van der Waals surface area (Å²) in [5, 5.41) is 5.05. The van der Waals surface area contributed by atoms with Crippen LogP contribution in [0.2, 0.25) is 0 Å². The maximum Gasteiger partial charge on any atom is 0.0547 e. The zero-order valence-electron chi connectivity index (χ0n) is 37.7. The Morgan fingerprint density at radius 2 is 0.710 bits per heavy atom. The van der Waals surface area contributed by atoms with Crippen molar-refractivity contribution < 1.29 is 0 Å². The molecule has 69 heavy (non-hydrogen) atoms. The molecule has 3 heteroatoms. The van der Waals surface area contributed by atoms with Gasteiger partial charge in [0.1, 0.15) is 0 Å². The van der Waals surface area contributed by atoms with E-state index in [0.29, 0.717) is 0 Å². The molecule has 0 aliphatic carbocycles. The van der Waals surface area contributed by atoms with Crippen LogP contribution in [0.1, 0.15) is 0 Å². The quantitative estimate of drug-likeness (QED) is 0.140. The van der Waals surface area contributed by atoms with Crippen LogP contribution < -0.4 is 4.90 Å². The molecular weight excluding hydrogens is 853 g/mol. The van der Waals surface area contributed by atoms with E-state index >= 15 is 0 Å². The highest BCUT2D eigenvalue weighted by Crippen LogP contribution is 2.48. The van der Waals surface area contributed by atoms with E-state index in [-0.39, 0.29) is 0 Å². The molecule has 0 spiro atoms. The highest BCUT2D eigenvalue weighted by molar-refractivity contribution is 7.26. The van der Waals surface area contributed by atoms with Gasteiger partial charge in [-0.2, -0.15) is 0 Å². The fraction of sp³-hybridized carbons (Fsp3) is 0. The first-order valence-electron chi connectivity index (χ1n) is 23.6. The van der Waals surface area contributed by atoms with Gasteiger partial charge >= 0.3 is 0 Å². The zero-order valence-corrected chi connectivity index (χ0v) is 38.5. The summed E-state index contributed by atoms with van der Waals surface area (Å²) in [6.07, 6.45) is 0. The predicted molar refractivity (Wildman–Crippen MR) is 296 cm³/mol. The first kappa shape index (κ1) is 40.5. The molecule has 0 atom stereocenters. The monoisotopic (exact) mass is 896 g/mol. The molecule has 2 heterocycles. The lowest BCUT2D eigenvalue weighted by molar-refractivity contribution is 1.18. The van der Waals surface area contributed by atoms with Crippen molar-refractivity contribution in [3.63, 3.8) is 0 Å². The Balaban J connectivity index is 0.993. The van der Waals surface area contributed by atoms with Gasteiger partial charge in [-0.05, 0) is 123 Å². The molecule has 0 saturated heterocycles. The number of rotatable bonds is 9. The first-order chi connectivity index (χ1) is 34.2. The lowest BCUT2D eigenvalue weighted by Crippen LogP contribution is -2.09. The molecule has 2 nitrogen and oxygen atoms in total. The molecule has 0 N–H and O–H groups in total. The van der Waals surface area contributed by atoms with Gasteiger partial charge in [0.25, 0.3) is 0 Å². The second-order valence-electron chi connectivity index (χ2n) is 17.6. The highest BCUT2D eigenvalue weighted by Gasteiger charge is 2.21. The molecule has 0 aliphatic heterocycles. The SMILES string of the molecule is c1ccc(-c2ccc(N(c3ccc(-c4ccccc4)cc3)c3ccc(-c4cc(-c5cccc6c5c5ccccc5n6-c5ccccc5)cc5c4sc4c(-c6ccccc6)cccc45)cc3)cc2)cc1. The summed E-state index contributed by atoms with van der Waals surface area (Å²) in [7, 11) is 0. The van der Waals surface area contributed by atoms with E-state index in [4.69, 9.17) is 0 Å². The molecule has 0 aliphatic rings. The lowest BCUT2D eigenvalue weighted by atomic mass is 9.93. The van der Waals surface area contributed by atoms with Gasteiger partial charge in [0.15, 0.2) is 0 Å². The maximum absolute atomic E-state index is 2.45. The minimum absolute atomic E-state index is 1.09. The molecule has 0 amide bonds. The average Bonchev–Trinajstić information content (AvgIpc) is 3.99. The number of anilines is 3. The van der Waals surface area contributed by atoms with Crippen LogP contribution in [0.3, 0.4) is 0 Å². The second kappa shape index (κ2) is 17.2. The number of hydrogen-bond donors (Lipinski definition) is 0. The van der Waals surface area contributed by atoms with Crippen molar-refractivity contribution in [2.24, 2.45) is 0 Å². The van der Waals surface area contributed by atoms with E-state index in [9.17, 15) is 0 Å². The third-order valence-corrected chi connectivity index (χ3v) is 14.9. The van der Waals surface area contributed by atoms with Crippen molar-refractivity contribution in [2.75, 3.05) is 4.90 Å². The van der Waals surface area contributed by atoms with E-state index in [2.05, 4.69) is 276 Å². The fourth-order valence-electron chi connectivity index (χ4n) is 10.3. The average molecular weight is 897 g/mol. The first-order valence-corrected chi connectivity index (χ1v) is 24.4. The molecule has 13 rings (SSSR count). The Kier molecular flexibility index (Phi) is 10.1. The molecule has 2 aromatic heterocycles. The minimum Gasteiger partial charge on any atom is -0.311 e. The number of thiophene rings is 1. The summed E-state index contributed by atoms with van der Waals surface area (Å²) in [4.78, 5) is 2.37. The van der Waals surface area contributed by atoms with Crippen LogP contribution in [0.25, 0.3) is 103 Å². The number of hydrogen-bond acceptors (Lipinski definition) is 2. The molecule has 0 saturated carbocycles. The highest BCUT2D eigenvalue weighted by atomic mass is 32.1. The van der Waals surface area contributed by atoms with Gasteiger partial charge in [0, 0.05) is 59.3 Å². The van der Waals surface area contributed by atoms with Gasteiger partial charge in [-0.25, -0.2) is 0 Å². The van der Waals surface area contributed by atoms with E-state index < -0.39 is 0 Å². The predicted octanol–water partition coefficient (Wildman–Crippen LogP) is 19.0. The smallest absolute Gasteiger partial charge is 0.0547 e. The molecule has 324 valence electrons. The van der Waals surface area contributed by atoms with Gasteiger partial charge in [0.05, 0.1) is 11.0 Å². The summed E-state index contributed by atoms with van der Waals surface area (Å²) in [6.45, 7) is 0. The lowest BCUT2D eigenvalue weighted by Gasteiger charge is -2.26. The summed E-state index contributed by atoms with van der Waals surface area (Å²) in [5.74, 6) is 0. The summed E-state index contributed by atoms with van der Waals surface area (Å²) >= 11 is 1.90. The molecule has 0 unspecified atom stereocenters. The van der Waals surface area contributed by atoms with Gasteiger partial charge in [-0.3, -0.25) is 0 Å². The van der Waals surface area contributed by atoms with Crippen LogP contribution in [-0.4, -0.2) is 4.57 Å². The molecule has 0 bridgehead atoms. The standard InChI is InChI=1S/C66H44N2S/c1-5-17-45(18-6-1)47-31-37-53(38-32-47)67(54-39-33-48(34-40-54)46-19-7-2-8-20-46)55-41-35-50(36-42-55)60-43-51(44-61-58-28-15-27-57(65(58)69-66(60)61)49-21-9-3-10-22-49)56-26-16-30-63-64(56)59-25-13-14-29-62(59)68(63)52-23-11-4-12-24-52/h1-44H. The topological polar surface area (TPSA) is 8.17 Å². The number of para-hydroxylation sites is 2. The molecule has 13 aromatic rings. The maximum atomic E-state index is 2.45. The number of nitrogens with zero attached hydrogens (tertiary/aromatic N) is 2. The largest absolute Gasteiger partial charge is 0.311 e. The number of aromatic nitrogens is 1. The third-order valence-electron chi connectivity index (χ3n) is 13.6. The van der Waals surface area contributed by atoms with Crippen LogP contribution in [0.5, 0.6) is 0 Å². The van der Waals surface area contributed by atoms with E-state index in [1.807, 2.05) is 11.3 Å².